The first-order valence-corrected chi connectivity index (χ1v) is 8.54. The fourth-order valence-corrected chi connectivity index (χ4v) is 5.56. The molecule has 4 aliphatic carbocycles. The number of hydrogen-bond acceptors (Lipinski definition) is 1. The van der Waals surface area contributed by atoms with Gasteiger partial charge in [-0.3, -0.25) is 0 Å². The summed E-state index contributed by atoms with van der Waals surface area (Å²) in [4.78, 5) is 0. The molecule has 1 nitrogen and oxygen atoms in total. The molecular formula is C17H22BrN. The van der Waals surface area contributed by atoms with E-state index in [-0.39, 0.29) is 0 Å². The van der Waals surface area contributed by atoms with Crippen LogP contribution in [0.2, 0.25) is 0 Å². The van der Waals surface area contributed by atoms with Gasteiger partial charge in [0, 0.05) is 16.6 Å². The molecule has 4 unspecified atom stereocenters. The van der Waals surface area contributed by atoms with E-state index in [0.29, 0.717) is 5.54 Å². The van der Waals surface area contributed by atoms with Gasteiger partial charge in [0.25, 0.3) is 0 Å². The van der Waals surface area contributed by atoms with Crippen molar-refractivity contribution in [2.24, 2.45) is 17.8 Å². The van der Waals surface area contributed by atoms with Crippen molar-refractivity contribution < 1.29 is 0 Å². The van der Waals surface area contributed by atoms with Gasteiger partial charge in [-0.2, -0.15) is 0 Å². The zero-order valence-corrected chi connectivity index (χ0v) is 13.0. The molecule has 102 valence electrons. The van der Waals surface area contributed by atoms with E-state index in [0.717, 1.165) is 24.3 Å². The minimum absolute atomic E-state index is 0.486. The van der Waals surface area contributed by atoms with Gasteiger partial charge >= 0.3 is 0 Å². The Morgan fingerprint density at radius 3 is 2.95 bits per heavy atom. The van der Waals surface area contributed by atoms with E-state index < -0.39 is 0 Å². The molecule has 0 aromatic heterocycles. The molecule has 1 aromatic carbocycles. The third-order valence-electron chi connectivity index (χ3n) is 5.98. The third kappa shape index (κ3) is 2.08. The molecule has 4 fully saturated rings. The lowest BCUT2D eigenvalue weighted by atomic mass is 9.78. The van der Waals surface area contributed by atoms with Crippen LogP contribution in [0.3, 0.4) is 0 Å². The lowest BCUT2D eigenvalue weighted by Crippen LogP contribution is -2.48. The summed E-state index contributed by atoms with van der Waals surface area (Å²) in [6, 6.07) is 8.73. The highest BCUT2D eigenvalue weighted by atomic mass is 79.9. The fraction of sp³-hybridized carbons (Fsp3) is 0.647. The van der Waals surface area contributed by atoms with E-state index in [1.165, 1.54) is 48.6 Å². The molecule has 0 heterocycles. The van der Waals surface area contributed by atoms with Gasteiger partial charge < -0.3 is 5.32 Å². The quantitative estimate of drug-likeness (QED) is 0.864. The van der Waals surface area contributed by atoms with Crippen molar-refractivity contribution >= 4 is 15.9 Å². The predicted molar refractivity (Wildman–Crippen MR) is 81.9 cm³/mol. The fourth-order valence-electron chi connectivity index (χ4n) is 5.12. The summed E-state index contributed by atoms with van der Waals surface area (Å²) < 4.78 is 1.19. The van der Waals surface area contributed by atoms with Crippen LogP contribution in [0, 0.1) is 17.8 Å². The van der Waals surface area contributed by atoms with Gasteiger partial charge in [0.2, 0.25) is 0 Å². The van der Waals surface area contributed by atoms with E-state index in [2.05, 4.69) is 45.5 Å². The average Bonchev–Trinajstić information content (AvgIpc) is 2.83. The van der Waals surface area contributed by atoms with Crippen LogP contribution in [0.4, 0.5) is 0 Å². The standard InChI is InChI=1S/C17H22BrN/c18-16-5-1-3-12(7-16)11-19-17-6-2-4-13-8-15(17)9-14(13)10-17/h1,3,5,7,13-15,19H,2,4,6,8-11H2. The molecule has 5 rings (SSSR count). The van der Waals surface area contributed by atoms with Crippen molar-refractivity contribution in [1.29, 1.82) is 0 Å². The lowest BCUT2D eigenvalue weighted by Gasteiger charge is -2.38. The smallest absolute Gasteiger partial charge is 0.0215 e. The maximum atomic E-state index is 3.98. The van der Waals surface area contributed by atoms with Gasteiger partial charge in [-0.15, -0.1) is 0 Å². The zero-order valence-electron chi connectivity index (χ0n) is 11.4. The summed E-state index contributed by atoms with van der Waals surface area (Å²) in [6.45, 7) is 1.04. The Morgan fingerprint density at radius 1 is 1.26 bits per heavy atom. The Morgan fingerprint density at radius 2 is 2.16 bits per heavy atom. The van der Waals surface area contributed by atoms with Crippen LogP contribution < -0.4 is 5.32 Å². The molecule has 4 aliphatic rings. The molecule has 0 aliphatic heterocycles. The normalized spacial score (nSPS) is 39.7. The van der Waals surface area contributed by atoms with Crippen LogP contribution in [0.25, 0.3) is 0 Å². The summed E-state index contributed by atoms with van der Waals surface area (Å²) in [5, 5.41) is 3.98. The monoisotopic (exact) mass is 319 g/mol. The van der Waals surface area contributed by atoms with Gasteiger partial charge in [-0.25, -0.2) is 0 Å². The first-order chi connectivity index (χ1) is 9.25. The maximum Gasteiger partial charge on any atom is 0.0215 e. The van der Waals surface area contributed by atoms with Crippen molar-refractivity contribution in [3.8, 4) is 0 Å². The summed E-state index contributed by atoms with van der Waals surface area (Å²) in [5.74, 6) is 3.09. The minimum Gasteiger partial charge on any atom is -0.307 e. The zero-order chi connectivity index (χ0) is 12.9. The second kappa shape index (κ2) is 4.60. The maximum absolute atomic E-state index is 3.98. The second-order valence-corrected chi connectivity index (χ2v) is 7.84. The van der Waals surface area contributed by atoms with Crippen LogP contribution in [-0.4, -0.2) is 5.54 Å². The molecule has 4 saturated carbocycles. The van der Waals surface area contributed by atoms with Crippen LogP contribution in [0.15, 0.2) is 28.7 Å². The number of benzene rings is 1. The summed E-state index contributed by atoms with van der Waals surface area (Å²) in [5.41, 5.74) is 1.90. The second-order valence-electron chi connectivity index (χ2n) is 6.92. The molecule has 1 N–H and O–H groups in total. The van der Waals surface area contributed by atoms with Crippen molar-refractivity contribution in [1.82, 2.24) is 5.32 Å². The van der Waals surface area contributed by atoms with Crippen molar-refractivity contribution in [3.05, 3.63) is 34.3 Å². The Kier molecular flexibility index (Phi) is 3.00. The molecule has 0 saturated heterocycles. The Hall–Kier alpha value is -0.340. The number of rotatable bonds is 3. The molecular weight excluding hydrogens is 298 g/mol. The highest BCUT2D eigenvalue weighted by molar-refractivity contribution is 9.10. The Bertz CT molecular complexity index is 486. The van der Waals surface area contributed by atoms with Crippen LogP contribution in [-0.2, 0) is 6.54 Å². The lowest BCUT2D eigenvalue weighted by molar-refractivity contribution is 0.189. The van der Waals surface area contributed by atoms with E-state index in [9.17, 15) is 0 Å². The van der Waals surface area contributed by atoms with Gasteiger partial charge in [-0.05, 0) is 61.1 Å². The van der Waals surface area contributed by atoms with Gasteiger partial charge in [0.05, 0.1) is 0 Å². The third-order valence-corrected chi connectivity index (χ3v) is 6.47. The van der Waals surface area contributed by atoms with Crippen molar-refractivity contribution in [2.75, 3.05) is 0 Å². The topological polar surface area (TPSA) is 12.0 Å². The Balaban J connectivity index is 1.50. The summed E-state index contributed by atoms with van der Waals surface area (Å²) in [6.07, 6.45) is 8.84. The molecule has 0 radical (unpaired) electrons. The van der Waals surface area contributed by atoms with E-state index in [4.69, 9.17) is 0 Å². The highest BCUT2D eigenvalue weighted by Crippen LogP contribution is 2.59. The van der Waals surface area contributed by atoms with E-state index >= 15 is 0 Å². The molecule has 1 aromatic rings. The SMILES string of the molecule is Brc1cccc(CNC23CCCC4CC2CC4C3)c1. The largest absolute Gasteiger partial charge is 0.307 e. The van der Waals surface area contributed by atoms with E-state index in [1.54, 1.807) is 0 Å². The van der Waals surface area contributed by atoms with Crippen LogP contribution in [0.1, 0.15) is 44.1 Å². The summed E-state index contributed by atoms with van der Waals surface area (Å²) >= 11 is 3.57. The van der Waals surface area contributed by atoms with Crippen molar-refractivity contribution in [2.45, 2.75) is 50.6 Å². The van der Waals surface area contributed by atoms with Gasteiger partial charge in [-0.1, -0.05) is 40.9 Å². The molecule has 4 atom stereocenters. The van der Waals surface area contributed by atoms with Crippen LogP contribution >= 0.6 is 15.9 Å². The van der Waals surface area contributed by atoms with Gasteiger partial charge in [0.15, 0.2) is 0 Å². The first kappa shape index (κ1) is 12.4. The average molecular weight is 320 g/mol. The number of fused-ring (bicyclic) bond motifs is 2. The molecule has 0 spiro atoms. The summed E-state index contributed by atoms with van der Waals surface area (Å²) in [7, 11) is 0. The number of hydrogen-bond donors (Lipinski definition) is 1. The molecule has 19 heavy (non-hydrogen) atoms. The predicted octanol–water partition coefficient (Wildman–Crippen LogP) is 4.51. The number of halogens is 1. The van der Waals surface area contributed by atoms with Crippen molar-refractivity contribution in [3.63, 3.8) is 0 Å². The van der Waals surface area contributed by atoms with E-state index in [1.807, 2.05) is 0 Å². The van der Waals surface area contributed by atoms with Gasteiger partial charge in [0.1, 0.15) is 0 Å². The number of nitrogens with one attached hydrogen (secondary N) is 1. The molecule has 4 bridgehead atoms. The van der Waals surface area contributed by atoms with Crippen LogP contribution in [0.5, 0.6) is 0 Å². The minimum atomic E-state index is 0.486. The Labute approximate surface area is 124 Å². The molecule has 0 amide bonds. The molecule has 2 heteroatoms. The highest BCUT2D eigenvalue weighted by Gasteiger charge is 2.55. The first-order valence-electron chi connectivity index (χ1n) is 7.75.